The van der Waals surface area contributed by atoms with Crippen LogP contribution in [0.2, 0.25) is 5.02 Å². The van der Waals surface area contributed by atoms with Gasteiger partial charge in [-0.1, -0.05) is 32.4 Å². The largest absolute Gasteiger partial charge is 0.327 e. The Bertz CT molecular complexity index is 580. The average molecular weight is 299 g/mol. The van der Waals surface area contributed by atoms with Gasteiger partial charge in [-0.2, -0.15) is 0 Å². The number of fused-ring (bicyclic) bond motifs is 1. The van der Waals surface area contributed by atoms with Crippen molar-refractivity contribution in [3.8, 4) is 0 Å². The summed E-state index contributed by atoms with van der Waals surface area (Å²) in [5.41, 5.74) is 2.32. The second-order valence-corrected chi connectivity index (χ2v) is 7.27. The predicted molar refractivity (Wildman–Crippen MR) is 83.1 cm³/mol. The molecule has 0 spiro atoms. The highest BCUT2D eigenvalue weighted by atomic mass is 35.5. The molecule has 0 bridgehead atoms. The highest BCUT2D eigenvalue weighted by molar-refractivity contribution is 6.31. The molecule has 104 valence electrons. The molecular weight excluding hydrogens is 279 g/mol. The van der Waals surface area contributed by atoms with Gasteiger partial charge in [-0.25, -0.2) is 4.98 Å². The van der Waals surface area contributed by atoms with Crippen molar-refractivity contribution in [2.45, 2.75) is 46.0 Å². The van der Waals surface area contributed by atoms with Crippen molar-refractivity contribution in [1.82, 2.24) is 9.55 Å². The van der Waals surface area contributed by atoms with Crippen LogP contribution in [0.3, 0.4) is 0 Å². The van der Waals surface area contributed by atoms with E-state index in [1.807, 2.05) is 25.1 Å². The molecule has 0 aliphatic heterocycles. The maximum atomic E-state index is 6.25. The number of hydrogen-bond donors (Lipinski definition) is 0. The van der Waals surface area contributed by atoms with Gasteiger partial charge in [-0.05, 0) is 37.0 Å². The number of imidazole rings is 1. The number of nitrogens with zero attached hydrogens (tertiary/aromatic N) is 2. The van der Waals surface area contributed by atoms with Crippen LogP contribution in [-0.4, -0.2) is 9.55 Å². The molecule has 1 aromatic carbocycles. The minimum atomic E-state index is -0.105. The van der Waals surface area contributed by atoms with Crippen molar-refractivity contribution in [3.63, 3.8) is 0 Å². The van der Waals surface area contributed by atoms with Gasteiger partial charge in [0.25, 0.3) is 0 Å². The number of benzene rings is 1. The zero-order valence-electron chi connectivity index (χ0n) is 11.9. The van der Waals surface area contributed by atoms with Crippen LogP contribution in [0.25, 0.3) is 11.0 Å². The minimum Gasteiger partial charge on any atom is -0.327 e. The predicted octanol–water partition coefficient (Wildman–Crippen LogP) is 5.43. The Morgan fingerprint density at radius 2 is 2.00 bits per heavy atom. The second-order valence-electron chi connectivity index (χ2n) is 6.18. The summed E-state index contributed by atoms with van der Waals surface area (Å²) in [6.07, 6.45) is 1.08. The van der Waals surface area contributed by atoms with Crippen LogP contribution in [0.4, 0.5) is 0 Å². The molecule has 1 unspecified atom stereocenters. The first-order valence-corrected chi connectivity index (χ1v) is 7.39. The zero-order chi connectivity index (χ0) is 14.2. The maximum absolute atomic E-state index is 6.25. The summed E-state index contributed by atoms with van der Waals surface area (Å²) in [5.74, 6) is 0.920. The number of rotatable bonds is 3. The van der Waals surface area contributed by atoms with Crippen molar-refractivity contribution >= 4 is 34.2 Å². The normalized spacial score (nSPS) is 14.0. The van der Waals surface area contributed by atoms with Gasteiger partial charge in [0.1, 0.15) is 5.82 Å². The highest BCUT2D eigenvalue weighted by Gasteiger charge is 2.17. The lowest BCUT2D eigenvalue weighted by Gasteiger charge is -2.20. The van der Waals surface area contributed by atoms with E-state index in [9.17, 15) is 0 Å². The lowest BCUT2D eigenvalue weighted by atomic mass is 9.92. The first-order valence-electron chi connectivity index (χ1n) is 6.58. The topological polar surface area (TPSA) is 17.8 Å². The molecular formula is C15H20Cl2N2. The van der Waals surface area contributed by atoms with Gasteiger partial charge in [-0.3, -0.25) is 0 Å². The fraction of sp³-hybridized carbons (Fsp3) is 0.533. The molecule has 19 heavy (non-hydrogen) atoms. The summed E-state index contributed by atoms with van der Waals surface area (Å²) < 4.78 is 2.22. The Morgan fingerprint density at radius 1 is 1.32 bits per heavy atom. The molecule has 1 heterocycles. The molecule has 0 aliphatic rings. The van der Waals surface area contributed by atoms with Crippen LogP contribution in [0, 0.1) is 5.41 Å². The van der Waals surface area contributed by atoms with Gasteiger partial charge in [-0.15, -0.1) is 11.6 Å². The first-order chi connectivity index (χ1) is 8.78. The van der Waals surface area contributed by atoms with Crippen LogP contribution in [-0.2, 0) is 6.54 Å². The molecule has 0 aliphatic carbocycles. The molecule has 0 fully saturated rings. The Morgan fingerprint density at radius 3 is 2.58 bits per heavy atom. The van der Waals surface area contributed by atoms with Crippen LogP contribution in [0.15, 0.2) is 18.2 Å². The van der Waals surface area contributed by atoms with E-state index in [2.05, 4.69) is 30.3 Å². The zero-order valence-corrected chi connectivity index (χ0v) is 13.4. The summed E-state index contributed by atoms with van der Waals surface area (Å²) in [6, 6.07) is 5.82. The molecule has 1 aromatic heterocycles. The summed E-state index contributed by atoms with van der Waals surface area (Å²) in [6.45, 7) is 9.61. The average Bonchev–Trinajstić information content (AvgIpc) is 2.63. The summed E-state index contributed by atoms with van der Waals surface area (Å²) in [4.78, 5) is 4.62. The third-order valence-corrected chi connectivity index (χ3v) is 3.61. The van der Waals surface area contributed by atoms with Gasteiger partial charge in [0.2, 0.25) is 0 Å². The van der Waals surface area contributed by atoms with E-state index in [0.29, 0.717) is 5.02 Å². The summed E-state index contributed by atoms with van der Waals surface area (Å²) in [7, 11) is 0. The maximum Gasteiger partial charge on any atom is 0.127 e. The van der Waals surface area contributed by atoms with Crippen LogP contribution in [0.5, 0.6) is 0 Å². The molecule has 4 heteroatoms. The van der Waals surface area contributed by atoms with Crippen LogP contribution >= 0.6 is 23.2 Å². The third kappa shape index (κ3) is 3.43. The number of aromatic nitrogens is 2. The molecule has 0 saturated carbocycles. The fourth-order valence-corrected chi connectivity index (χ4v) is 2.44. The van der Waals surface area contributed by atoms with Crippen molar-refractivity contribution in [2.75, 3.05) is 0 Å². The molecule has 2 nitrogen and oxygen atoms in total. The van der Waals surface area contributed by atoms with E-state index in [0.717, 1.165) is 29.8 Å². The number of aryl methyl sites for hydroxylation is 1. The monoisotopic (exact) mass is 298 g/mol. The second kappa shape index (κ2) is 5.34. The van der Waals surface area contributed by atoms with Gasteiger partial charge in [0, 0.05) is 11.6 Å². The quantitative estimate of drug-likeness (QED) is 0.691. The van der Waals surface area contributed by atoms with Crippen molar-refractivity contribution in [2.24, 2.45) is 5.41 Å². The Labute approximate surface area is 124 Å². The molecule has 0 radical (unpaired) electrons. The summed E-state index contributed by atoms with van der Waals surface area (Å²) >= 11 is 12.3. The van der Waals surface area contributed by atoms with Gasteiger partial charge in [0.05, 0.1) is 16.4 Å². The Balaban J connectivity index is 2.46. The first kappa shape index (κ1) is 14.7. The highest BCUT2D eigenvalue weighted by Crippen LogP contribution is 2.28. The molecule has 0 saturated heterocycles. The fourth-order valence-electron chi connectivity index (χ4n) is 2.11. The molecule has 2 rings (SSSR count). The third-order valence-electron chi connectivity index (χ3n) is 3.18. The lowest BCUT2D eigenvalue weighted by molar-refractivity contribution is 0.350. The Hall–Kier alpha value is -0.730. The van der Waals surface area contributed by atoms with E-state index in [1.54, 1.807) is 0 Å². The number of alkyl halides is 1. The van der Waals surface area contributed by atoms with Gasteiger partial charge < -0.3 is 4.57 Å². The van der Waals surface area contributed by atoms with E-state index < -0.39 is 0 Å². The van der Waals surface area contributed by atoms with Gasteiger partial charge >= 0.3 is 0 Å². The van der Waals surface area contributed by atoms with Crippen LogP contribution < -0.4 is 0 Å². The van der Waals surface area contributed by atoms with E-state index in [-0.39, 0.29) is 10.8 Å². The van der Waals surface area contributed by atoms with Crippen molar-refractivity contribution < 1.29 is 0 Å². The summed E-state index contributed by atoms with van der Waals surface area (Å²) in [5, 5.41) is 0.605. The number of halogens is 2. The SMILES string of the molecule is CC(Cl)c1nc2cc(Cl)ccc2n1CCC(C)(C)C. The van der Waals surface area contributed by atoms with Crippen molar-refractivity contribution in [3.05, 3.63) is 29.0 Å². The van der Waals surface area contributed by atoms with E-state index in [4.69, 9.17) is 23.2 Å². The van der Waals surface area contributed by atoms with Crippen molar-refractivity contribution in [1.29, 1.82) is 0 Å². The number of hydrogen-bond acceptors (Lipinski definition) is 1. The van der Waals surface area contributed by atoms with E-state index in [1.165, 1.54) is 0 Å². The molecule has 0 N–H and O–H groups in total. The standard InChI is InChI=1S/C15H20Cl2N2/c1-10(16)14-18-12-9-11(17)5-6-13(12)19(14)8-7-15(2,3)4/h5-6,9-10H,7-8H2,1-4H3. The molecule has 1 atom stereocenters. The molecule has 2 aromatic rings. The minimum absolute atomic E-state index is 0.105. The Kier molecular flexibility index (Phi) is 4.12. The van der Waals surface area contributed by atoms with E-state index >= 15 is 0 Å². The van der Waals surface area contributed by atoms with Crippen LogP contribution in [0.1, 0.15) is 45.3 Å². The lowest BCUT2D eigenvalue weighted by Crippen LogP contribution is -2.12. The smallest absolute Gasteiger partial charge is 0.127 e. The molecule has 0 amide bonds. The van der Waals surface area contributed by atoms with Gasteiger partial charge in [0.15, 0.2) is 0 Å².